The molecule has 0 saturated heterocycles. The highest BCUT2D eigenvalue weighted by molar-refractivity contribution is 5.85. The van der Waals surface area contributed by atoms with Crippen LogP contribution in [0.2, 0.25) is 0 Å². The summed E-state index contributed by atoms with van der Waals surface area (Å²) in [5, 5.41) is 5.89. The minimum absolute atomic E-state index is 0. The topological polar surface area (TPSA) is 50.4 Å². The second kappa shape index (κ2) is 10.7. The molecule has 0 atom stereocenters. The van der Waals surface area contributed by atoms with Crippen LogP contribution in [0.4, 0.5) is 0 Å². The van der Waals surface area contributed by atoms with Crippen molar-refractivity contribution < 1.29 is 9.53 Å². The van der Waals surface area contributed by atoms with E-state index in [1.165, 1.54) is 5.56 Å². The number of hydrogen-bond acceptors (Lipinski definition) is 3. The van der Waals surface area contributed by atoms with Crippen molar-refractivity contribution >= 4 is 18.3 Å². The molecule has 0 fully saturated rings. The van der Waals surface area contributed by atoms with E-state index < -0.39 is 0 Å². The third kappa shape index (κ3) is 7.48. The van der Waals surface area contributed by atoms with Crippen LogP contribution >= 0.6 is 12.4 Å². The summed E-state index contributed by atoms with van der Waals surface area (Å²) >= 11 is 0. The second-order valence-electron chi connectivity index (χ2n) is 4.84. The Morgan fingerprint density at radius 2 is 1.90 bits per heavy atom. The van der Waals surface area contributed by atoms with Crippen LogP contribution in [0.1, 0.15) is 30.9 Å². The Morgan fingerprint density at radius 3 is 2.45 bits per heavy atom. The predicted molar refractivity (Wildman–Crippen MR) is 84.4 cm³/mol. The fraction of sp³-hybridized carbons (Fsp3) is 0.533. The molecular formula is C15H25ClN2O2. The normalized spacial score (nSPS) is 10.2. The van der Waals surface area contributed by atoms with Gasteiger partial charge in [-0.3, -0.25) is 4.79 Å². The minimum Gasteiger partial charge on any atom is -0.383 e. The number of carbonyl (C=O) groups is 1. The Kier molecular flexibility index (Phi) is 10.1. The SMILES string of the molecule is COCCNCC(=O)NCc1ccc(C(C)C)cc1.Cl. The Labute approximate surface area is 127 Å². The van der Waals surface area contributed by atoms with Crippen LogP contribution in [0, 0.1) is 0 Å². The Balaban J connectivity index is 0.00000361. The van der Waals surface area contributed by atoms with Gasteiger partial charge in [0.25, 0.3) is 0 Å². The molecule has 1 aromatic carbocycles. The van der Waals surface area contributed by atoms with Crippen molar-refractivity contribution in [1.82, 2.24) is 10.6 Å². The lowest BCUT2D eigenvalue weighted by Crippen LogP contribution is -2.34. The zero-order valence-corrected chi connectivity index (χ0v) is 13.3. The Hall–Kier alpha value is -1.10. The van der Waals surface area contributed by atoms with Gasteiger partial charge in [0, 0.05) is 20.2 Å². The van der Waals surface area contributed by atoms with E-state index >= 15 is 0 Å². The van der Waals surface area contributed by atoms with Crippen LogP contribution in [0.3, 0.4) is 0 Å². The van der Waals surface area contributed by atoms with E-state index in [2.05, 4.69) is 48.7 Å². The van der Waals surface area contributed by atoms with Crippen LogP contribution < -0.4 is 10.6 Å². The summed E-state index contributed by atoms with van der Waals surface area (Å²) in [7, 11) is 1.64. The molecule has 1 aromatic rings. The van der Waals surface area contributed by atoms with Crippen molar-refractivity contribution in [3.8, 4) is 0 Å². The first-order chi connectivity index (χ1) is 9.13. The Bertz CT molecular complexity index is 380. The number of hydrogen-bond donors (Lipinski definition) is 2. The highest BCUT2D eigenvalue weighted by atomic mass is 35.5. The summed E-state index contributed by atoms with van der Waals surface area (Å²) in [6, 6.07) is 8.36. The van der Waals surface area contributed by atoms with E-state index in [1.54, 1.807) is 7.11 Å². The molecule has 0 aliphatic carbocycles. The van der Waals surface area contributed by atoms with Crippen LogP contribution in [-0.4, -0.2) is 32.7 Å². The van der Waals surface area contributed by atoms with Crippen molar-refractivity contribution in [3.05, 3.63) is 35.4 Å². The van der Waals surface area contributed by atoms with Crippen molar-refractivity contribution in [3.63, 3.8) is 0 Å². The van der Waals surface area contributed by atoms with E-state index in [-0.39, 0.29) is 18.3 Å². The standard InChI is InChI=1S/C15H24N2O2.ClH/c1-12(2)14-6-4-13(5-7-14)10-17-15(18)11-16-8-9-19-3;/h4-7,12,16H,8-11H2,1-3H3,(H,17,18);1H. The van der Waals surface area contributed by atoms with Gasteiger partial charge in [-0.2, -0.15) is 0 Å². The number of methoxy groups -OCH3 is 1. The van der Waals surface area contributed by atoms with E-state index in [1.807, 2.05) is 0 Å². The van der Waals surface area contributed by atoms with Gasteiger partial charge < -0.3 is 15.4 Å². The molecule has 0 heterocycles. The number of amides is 1. The molecule has 0 unspecified atom stereocenters. The average molecular weight is 301 g/mol. The molecule has 1 rings (SSSR count). The minimum atomic E-state index is 0. The van der Waals surface area contributed by atoms with Gasteiger partial charge in [0.05, 0.1) is 13.2 Å². The molecule has 0 aliphatic heterocycles. The molecule has 0 saturated carbocycles. The van der Waals surface area contributed by atoms with E-state index in [0.717, 1.165) is 5.56 Å². The van der Waals surface area contributed by atoms with Crippen LogP contribution in [0.5, 0.6) is 0 Å². The number of ether oxygens (including phenoxy) is 1. The van der Waals surface area contributed by atoms with Gasteiger partial charge in [0.2, 0.25) is 5.91 Å². The molecule has 0 aromatic heterocycles. The number of rotatable bonds is 8. The molecule has 5 heteroatoms. The lowest BCUT2D eigenvalue weighted by Gasteiger charge is -2.09. The fourth-order valence-electron chi connectivity index (χ4n) is 1.66. The first kappa shape index (κ1) is 18.9. The molecule has 1 amide bonds. The first-order valence-corrected chi connectivity index (χ1v) is 6.68. The lowest BCUT2D eigenvalue weighted by atomic mass is 10.0. The summed E-state index contributed by atoms with van der Waals surface area (Å²) in [4.78, 5) is 11.5. The van der Waals surface area contributed by atoms with Crippen molar-refractivity contribution in [2.45, 2.75) is 26.3 Å². The molecule has 2 N–H and O–H groups in total. The number of nitrogens with one attached hydrogen (secondary N) is 2. The second-order valence-corrected chi connectivity index (χ2v) is 4.84. The lowest BCUT2D eigenvalue weighted by molar-refractivity contribution is -0.120. The van der Waals surface area contributed by atoms with Gasteiger partial charge >= 0.3 is 0 Å². The van der Waals surface area contributed by atoms with Crippen molar-refractivity contribution in [2.24, 2.45) is 0 Å². The quantitative estimate of drug-likeness (QED) is 0.723. The maximum atomic E-state index is 11.5. The van der Waals surface area contributed by atoms with Crippen LogP contribution in [-0.2, 0) is 16.1 Å². The fourth-order valence-corrected chi connectivity index (χ4v) is 1.66. The summed E-state index contributed by atoms with van der Waals surface area (Å²) in [6.45, 7) is 6.54. The van der Waals surface area contributed by atoms with Crippen LogP contribution in [0.15, 0.2) is 24.3 Å². The van der Waals surface area contributed by atoms with Gasteiger partial charge in [0.1, 0.15) is 0 Å². The van der Waals surface area contributed by atoms with E-state index in [0.29, 0.717) is 32.2 Å². The third-order valence-electron chi connectivity index (χ3n) is 2.90. The van der Waals surface area contributed by atoms with Gasteiger partial charge in [-0.15, -0.1) is 12.4 Å². The molecular weight excluding hydrogens is 276 g/mol. The molecule has 20 heavy (non-hydrogen) atoms. The van der Waals surface area contributed by atoms with Gasteiger partial charge in [-0.1, -0.05) is 38.1 Å². The Morgan fingerprint density at radius 1 is 1.25 bits per heavy atom. The summed E-state index contributed by atoms with van der Waals surface area (Å²) < 4.78 is 4.89. The summed E-state index contributed by atoms with van der Waals surface area (Å²) in [5.74, 6) is 0.540. The summed E-state index contributed by atoms with van der Waals surface area (Å²) in [6.07, 6.45) is 0. The largest absolute Gasteiger partial charge is 0.383 e. The zero-order valence-electron chi connectivity index (χ0n) is 12.4. The number of carbonyl (C=O) groups excluding carboxylic acids is 1. The van der Waals surface area contributed by atoms with Gasteiger partial charge in [-0.25, -0.2) is 0 Å². The number of halogens is 1. The van der Waals surface area contributed by atoms with Crippen molar-refractivity contribution in [1.29, 1.82) is 0 Å². The smallest absolute Gasteiger partial charge is 0.234 e. The van der Waals surface area contributed by atoms with Gasteiger partial charge in [-0.05, 0) is 17.0 Å². The van der Waals surface area contributed by atoms with Crippen molar-refractivity contribution in [2.75, 3.05) is 26.8 Å². The zero-order chi connectivity index (χ0) is 14.1. The molecule has 0 spiro atoms. The monoisotopic (exact) mass is 300 g/mol. The molecule has 0 aliphatic rings. The van der Waals surface area contributed by atoms with Crippen LogP contribution in [0.25, 0.3) is 0 Å². The predicted octanol–water partition coefficient (Wildman–Crippen LogP) is 2.08. The molecule has 0 radical (unpaired) electrons. The highest BCUT2D eigenvalue weighted by Gasteiger charge is 2.02. The maximum absolute atomic E-state index is 11.5. The van der Waals surface area contributed by atoms with E-state index in [4.69, 9.17) is 4.74 Å². The highest BCUT2D eigenvalue weighted by Crippen LogP contribution is 2.14. The van der Waals surface area contributed by atoms with Gasteiger partial charge in [0.15, 0.2) is 0 Å². The average Bonchev–Trinajstić information content (AvgIpc) is 2.42. The first-order valence-electron chi connectivity index (χ1n) is 6.68. The molecule has 4 nitrogen and oxygen atoms in total. The molecule has 0 bridgehead atoms. The number of benzene rings is 1. The third-order valence-corrected chi connectivity index (χ3v) is 2.90. The van der Waals surface area contributed by atoms with E-state index in [9.17, 15) is 4.79 Å². The maximum Gasteiger partial charge on any atom is 0.234 e. The summed E-state index contributed by atoms with van der Waals surface area (Å²) in [5.41, 5.74) is 2.44. The molecule has 114 valence electrons.